The molecule has 10 heteroatoms. The van der Waals surface area contributed by atoms with Crippen LogP contribution in [0, 0.1) is 5.92 Å². The molecule has 3 N–H and O–H groups in total. The van der Waals surface area contributed by atoms with E-state index in [0.717, 1.165) is 52.0 Å². The van der Waals surface area contributed by atoms with Crippen molar-refractivity contribution in [3.05, 3.63) is 22.7 Å². The minimum atomic E-state index is -0.296. The molecular weight excluding hydrogens is 460 g/mol. The Morgan fingerprint density at radius 2 is 2.03 bits per heavy atom. The molecule has 2 bridgehead atoms. The lowest BCUT2D eigenvalue weighted by molar-refractivity contribution is -0.159. The molecule has 34 heavy (non-hydrogen) atoms. The van der Waals surface area contributed by atoms with Crippen LogP contribution in [0.2, 0.25) is 5.02 Å². The van der Waals surface area contributed by atoms with Crippen LogP contribution in [0.15, 0.2) is 12.1 Å². The van der Waals surface area contributed by atoms with E-state index in [2.05, 4.69) is 15.1 Å². The first-order chi connectivity index (χ1) is 16.4. The lowest BCUT2D eigenvalue weighted by Gasteiger charge is -2.43. The van der Waals surface area contributed by atoms with Crippen molar-refractivity contribution in [2.75, 3.05) is 65.3 Å². The third kappa shape index (κ3) is 6.33. The van der Waals surface area contributed by atoms with Gasteiger partial charge in [-0.1, -0.05) is 11.6 Å². The summed E-state index contributed by atoms with van der Waals surface area (Å²) in [7, 11) is 1.48. The minimum Gasteiger partial charge on any atom is -0.496 e. The van der Waals surface area contributed by atoms with Crippen LogP contribution in [0.1, 0.15) is 36.0 Å². The van der Waals surface area contributed by atoms with Gasteiger partial charge in [0.1, 0.15) is 11.9 Å². The van der Waals surface area contributed by atoms with Gasteiger partial charge in [0.2, 0.25) is 0 Å². The second-order valence-electron chi connectivity index (χ2n) is 9.35. The van der Waals surface area contributed by atoms with Crippen LogP contribution < -0.4 is 15.8 Å². The molecule has 0 spiro atoms. The number of hydrogen-bond donors (Lipinski definition) is 2. The fourth-order valence-corrected chi connectivity index (χ4v) is 5.21. The van der Waals surface area contributed by atoms with Crippen LogP contribution in [-0.2, 0) is 14.3 Å². The SMILES string of the molecule is COc1cc(N)c(Cl)cc1C(=O)NCC1CN(CCCC(=O)OC2CN3CCC2CC3)CCO1. The molecule has 4 heterocycles. The van der Waals surface area contributed by atoms with Gasteiger partial charge in [-0.2, -0.15) is 0 Å². The first kappa shape index (κ1) is 25.0. The zero-order chi connectivity index (χ0) is 24.1. The van der Waals surface area contributed by atoms with E-state index in [4.69, 9.17) is 31.5 Å². The number of nitrogens with one attached hydrogen (secondary N) is 1. The summed E-state index contributed by atoms with van der Waals surface area (Å²) in [6, 6.07) is 3.05. The number of benzene rings is 1. The smallest absolute Gasteiger partial charge is 0.306 e. The Morgan fingerprint density at radius 3 is 2.74 bits per heavy atom. The number of methoxy groups -OCH3 is 1. The number of morpholine rings is 1. The summed E-state index contributed by atoms with van der Waals surface area (Å²) in [4.78, 5) is 29.7. The van der Waals surface area contributed by atoms with Gasteiger partial charge in [0.05, 0.1) is 36.1 Å². The average Bonchev–Trinajstić information content (AvgIpc) is 2.85. The second kappa shape index (κ2) is 11.6. The van der Waals surface area contributed by atoms with E-state index >= 15 is 0 Å². The standard InChI is InChI=1S/C24H35ClN4O5/c1-32-21-12-20(26)19(25)11-18(21)24(31)27-13-17-14-28(9-10-33-17)6-2-3-23(30)34-22-15-29-7-4-16(22)5-8-29/h11-12,16-17,22H,2-10,13-15,26H2,1H3,(H,27,31). The molecule has 0 radical (unpaired) electrons. The highest BCUT2D eigenvalue weighted by atomic mass is 35.5. The number of esters is 1. The van der Waals surface area contributed by atoms with Gasteiger partial charge in [-0.15, -0.1) is 0 Å². The van der Waals surface area contributed by atoms with Crippen molar-refractivity contribution < 1.29 is 23.8 Å². The first-order valence-corrected chi connectivity index (χ1v) is 12.5. The summed E-state index contributed by atoms with van der Waals surface area (Å²) in [5.74, 6) is 0.519. The van der Waals surface area contributed by atoms with Crippen molar-refractivity contribution in [3.63, 3.8) is 0 Å². The van der Waals surface area contributed by atoms with Gasteiger partial charge >= 0.3 is 5.97 Å². The highest BCUT2D eigenvalue weighted by Crippen LogP contribution is 2.30. The number of halogens is 1. The predicted octanol–water partition coefficient (Wildman–Crippen LogP) is 1.78. The quantitative estimate of drug-likeness (QED) is 0.395. The molecule has 2 atom stereocenters. The van der Waals surface area contributed by atoms with Crippen molar-refractivity contribution >= 4 is 29.2 Å². The monoisotopic (exact) mass is 494 g/mol. The number of carbonyl (C=O) groups is 2. The van der Waals surface area contributed by atoms with Gasteiger partial charge in [0.25, 0.3) is 5.91 Å². The lowest BCUT2D eigenvalue weighted by Crippen LogP contribution is -2.52. The maximum absolute atomic E-state index is 12.7. The van der Waals surface area contributed by atoms with Crippen molar-refractivity contribution in [3.8, 4) is 5.75 Å². The first-order valence-electron chi connectivity index (χ1n) is 12.1. The van der Waals surface area contributed by atoms with Crippen LogP contribution in [0.3, 0.4) is 0 Å². The number of nitrogens with zero attached hydrogens (tertiary/aromatic N) is 2. The van der Waals surface area contributed by atoms with E-state index in [1.807, 2.05) is 0 Å². The molecule has 1 aromatic carbocycles. The summed E-state index contributed by atoms with van der Waals surface area (Å²) in [5, 5.41) is 3.20. The number of ether oxygens (including phenoxy) is 3. The van der Waals surface area contributed by atoms with Crippen LogP contribution in [0.4, 0.5) is 5.69 Å². The molecule has 1 aromatic rings. The third-order valence-corrected chi connectivity index (χ3v) is 7.34. The Labute approximate surface area is 205 Å². The van der Waals surface area contributed by atoms with Gasteiger partial charge in [-0.25, -0.2) is 0 Å². The highest BCUT2D eigenvalue weighted by molar-refractivity contribution is 6.33. The topological polar surface area (TPSA) is 106 Å². The molecule has 0 aliphatic carbocycles. The fourth-order valence-electron chi connectivity index (χ4n) is 5.04. The molecule has 5 rings (SSSR count). The highest BCUT2D eigenvalue weighted by Gasteiger charge is 2.36. The number of anilines is 1. The molecule has 4 saturated heterocycles. The lowest BCUT2D eigenvalue weighted by atomic mass is 9.86. The Morgan fingerprint density at radius 1 is 1.24 bits per heavy atom. The van der Waals surface area contributed by atoms with Gasteiger partial charge in [-0.05, 0) is 50.9 Å². The van der Waals surface area contributed by atoms with Gasteiger partial charge < -0.3 is 25.3 Å². The number of hydrogen-bond acceptors (Lipinski definition) is 8. The number of amides is 1. The molecule has 2 unspecified atom stereocenters. The Kier molecular flexibility index (Phi) is 8.52. The maximum atomic E-state index is 12.7. The number of nitrogens with two attached hydrogens (primary N) is 1. The molecular formula is C24H35ClN4O5. The molecule has 0 saturated carbocycles. The van der Waals surface area contributed by atoms with E-state index in [1.54, 1.807) is 0 Å². The van der Waals surface area contributed by atoms with Crippen LogP contribution in [0.25, 0.3) is 0 Å². The maximum Gasteiger partial charge on any atom is 0.306 e. The number of carbonyl (C=O) groups excluding carboxylic acids is 2. The predicted molar refractivity (Wildman–Crippen MR) is 129 cm³/mol. The van der Waals surface area contributed by atoms with Crippen molar-refractivity contribution in [1.82, 2.24) is 15.1 Å². The van der Waals surface area contributed by atoms with Gasteiger partial charge in [0, 0.05) is 38.7 Å². The van der Waals surface area contributed by atoms with E-state index in [0.29, 0.717) is 54.1 Å². The van der Waals surface area contributed by atoms with Gasteiger partial charge in [0.15, 0.2) is 0 Å². The van der Waals surface area contributed by atoms with E-state index < -0.39 is 0 Å². The second-order valence-corrected chi connectivity index (χ2v) is 9.75. The Balaban J connectivity index is 1.17. The summed E-state index contributed by atoms with van der Waals surface area (Å²) < 4.78 is 16.9. The largest absolute Gasteiger partial charge is 0.496 e. The summed E-state index contributed by atoms with van der Waals surface area (Å²) in [6.07, 6.45) is 3.40. The summed E-state index contributed by atoms with van der Waals surface area (Å²) in [5.41, 5.74) is 6.48. The van der Waals surface area contributed by atoms with Crippen molar-refractivity contribution in [2.45, 2.75) is 37.9 Å². The van der Waals surface area contributed by atoms with Crippen LogP contribution >= 0.6 is 11.6 Å². The molecule has 4 fully saturated rings. The summed E-state index contributed by atoms with van der Waals surface area (Å²) in [6.45, 7) is 6.41. The number of nitrogen functional groups attached to an aromatic ring is 1. The number of rotatable bonds is 9. The Bertz CT molecular complexity index is 877. The molecule has 9 nitrogen and oxygen atoms in total. The Hall–Kier alpha value is -2.07. The summed E-state index contributed by atoms with van der Waals surface area (Å²) >= 11 is 6.07. The minimum absolute atomic E-state index is 0.0703. The average molecular weight is 495 g/mol. The molecule has 188 valence electrons. The normalized spacial score (nSPS) is 26.8. The molecule has 4 aliphatic rings. The fraction of sp³-hybridized carbons (Fsp3) is 0.667. The molecule has 4 aliphatic heterocycles. The van der Waals surface area contributed by atoms with Crippen LogP contribution in [-0.4, -0.2) is 93.4 Å². The van der Waals surface area contributed by atoms with Crippen LogP contribution in [0.5, 0.6) is 5.75 Å². The molecule has 0 aromatic heterocycles. The third-order valence-electron chi connectivity index (χ3n) is 7.01. The zero-order valence-electron chi connectivity index (χ0n) is 19.8. The van der Waals surface area contributed by atoms with Crippen molar-refractivity contribution in [2.24, 2.45) is 5.92 Å². The van der Waals surface area contributed by atoms with Gasteiger partial charge in [-0.3, -0.25) is 19.4 Å². The van der Waals surface area contributed by atoms with E-state index in [1.165, 1.54) is 19.2 Å². The zero-order valence-corrected chi connectivity index (χ0v) is 20.5. The molecule has 1 amide bonds. The van der Waals surface area contributed by atoms with Crippen molar-refractivity contribution in [1.29, 1.82) is 0 Å². The van der Waals surface area contributed by atoms with E-state index in [-0.39, 0.29) is 24.1 Å². The van der Waals surface area contributed by atoms with E-state index in [9.17, 15) is 9.59 Å². The number of piperidine rings is 3. The number of fused-ring (bicyclic) bond motifs is 3.